The molecule has 1 aromatic heterocycles. The van der Waals surface area contributed by atoms with Crippen molar-refractivity contribution in [3.8, 4) is 5.75 Å². The van der Waals surface area contributed by atoms with E-state index in [-0.39, 0.29) is 12.5 Å². The predicted octanol–water partition coefficient (Wildman–Crippen LogP) is 2.07. The number of ether oxygens (including phenoxy) is 1. The molecule has 2 rings (SSSR count). The Kier molecular flexibility index (Phi) is 4.41. The Morgan fingerprint density at radius 2 is 2.32 bits per heavy atom. The second-order valence-electron chi connectivity index (χ2n) is 4.06. The summed E-state index contributed by atoms with van der Waals surface area (Å²) in [5, 5.41) is 9.95. The molecule has 0 fully saturated rings. The van der Waals surface area contributed by atoms with Crippen LogP contribution in [0.5, 0.6) is 5.75 Å². The molecule has 0 aliphatic rings. The molecule has 0 spiro atoms. The van der Waals surface area contributed by atoms with Gasteiger partial charge in [0.2, 0.25) is 0 Å². The number of carbonyl (C=O) groups is 1. The fourth-order valence-corrected chi connectivity index (χ4v) is 1.60. The topological polar surface area (TPSA) is 67.0 Å². The molecule has 0 aliphatic carbocycles. The Balaban J connectivity index is 1.78. The molecule has 5 nitrogen and oxygen atoms in total. The smallest absolute Gasteiger partial charge is 0.258 e. The van der Waals surface area contributed by atoms with Gasteiger partial charge in [-0.15, -0.1) is 0 Å². The first-order chi connectivity index (χ1) is 9.15. The van der Waals surface area contributed by atoms with Crippen LogP contribution in [0, 0.1) is 6.92 Å². The summed E-state index contributed by atoms with van der Waals surface area (Å²) in [5.41, 5.74) is 1.76. The van der Waals surface area contributed by atoms with Crippen LogP contribution < -0.4 is 10.1 Å². The third-order valence-corrected chi connectivity index (χ3v) is 2.96. The molecule has 0 saturated heterocycles. The molecule has 1 aromatic carbocycles. The van der Waals surface area contributed by atoms with Gasteiger partial charge in [-0.3, -0.25) is 9.89 Å². The van der Waals surface area contributed by atoms with Gasteiger partial charge in [-0.05, 0) is 36.8 Å². The minimum absolute atomic E-state index is 0.0325. The minimum atomic E-state index is -0.192. The van der Waals surface area contributed by atoms with Crippen molar-refractivity contribution < 1.29 is 9.53 Å². The van der Waals surface area contributed by atoms with E-state index in [1.807, 2.05) is 6.92 Å². The van der Waals surface area contributed by atoms with Crippen LogP contribution in [-0.4, -0.2) is 22.7 Å². The number of amides is 1. The van der Waals surface area contributed by atoms with E-state index in [2.05, 4.69) is 15.5 Å². The zero-order chi connectivity index (χ0) is 13.7. The Morgan fingerprint density at radius 1 is 1.47 bits per heavy atom. The molecule has 0 unspecified atom stereocenters. The number of nitrogens with one attached hydrogen (secondary N) is 2. The van der Waals surface area contributed by atoms with Crippen LogP contribution in [0.4, 0.5) is 0 Å². The molecule has 0 saturated carbocycles. The number of aromatic nitrogens is 2. The van der Waals surface area contributed by atoms with Crippen LogP contribution in [0.25, 0.3) is 0 Å². The van der Waals surface area contributed by atoms with Crippen molar-refractivity contribution in [2.75, 3.05) is 6.61 Å². The van der Waals surface area contributed by atoms with Gasteiger partial charge in [0, 0.05) is 11.2 Å². The van der Waals surface area contributed by atoms with Gasteiger partial charge in [0.1, 0.15) is 5.75 Å². The lowest BCUT2D eigenvalue weighted by atomic mass is 10.2. The second kappa shape index (κ2) is 6.24. The Bertz CT molecular complexity index is 555. The molecule has 2 aromatic rings. The summed E-state index contributed by atoms with van der Waals surface area (Å²) < 4.78 is 5.38. The number of hydrogen-bond acceptors (Lipinski definition) is 3. The lowest BCUT2D eigenvalue weighted by Crippen LogP contribution is -2.28. The molecule has 0 radical (unpaired) electrons. The van der Waals surface area contributed by atoms with Gasteiger partial charge in [-0.25, -0.2) is 0 Å². The van der Waals surface area contributed by atoms with Gasteiger partial charge in [0.15, 0.2) is 6.61 Å². The third kappa shape index (κ3) is 3.99. The van der Waals surface area contributed by atoms with Crippen LogP contribution in [0.2, 0.25) is 5.02 Å². The Morgan fingerprint density at radius 3 is 3.00 bits per heavy atom. The number of aryl methyl sites for hydroxylation is 1. The maximum Gasteiger partial charge on any atom is 0.258 e. The monoisotopic (exact) mass is 279 g/mol. The Hall–Kier alpha value is -2.01. The van der Waals surface area contributed by atoms with Gasteiger partial charge in [0.05, 0.1) is 12.2 Å². The van der Waals surface area contributed by atoms with Crippen LogP contribution in [0.1, 0.15) is 11.3 Å². The Labute approximate surface area is 115 Å². The average Bonchev–Trinajstić information content (AvgIpc) is 2.91. The van der Waals surface area contributed by atoms with Crippen molar-refractivity contribution in [3.05, 3.63) is 46.7 Å². The molecule has 6 heteroatoms. The van der Waals surface area contributed by atoms with E-state index in [1.165, 1.54) is 0 Å². The maximum atomic E-state index is 11.6. The molecule has 0 bridgehead atoms. The molecule has 1 amide bonds. The number of hydrogen-bond donors (Lipinski definition) is 2. The number of nitrogens with zero attached hydrogens (tertiary/aromatic N) is 1. The molecule has 0 aliphatic heterocycles. The SMILES string of the molecule is Cc1cc(OCC(=O)NCc2ccn[nH]2)ccc1Cl. The van der Waals surface area contributed by atoms with E-state index < -0.39 is 0 Å². The average molecular weight is 280 g/mol. The quantitative estimate of drug-likeness (QED) is 0.880. The van der Waals surface area contributed by atoms with Crippen LogP contribution in [0.15, 0.2) is 30.5 Å². The first-order valence-corrected chi connectivity index (χ1v) is 6.17. The zero-order valence-corrected chi connectivity index (χ0v) is 11.2. The first-order valence-electron chi connectivity index (χ1n) is 5.79. The van der Waals surface area contributed by atoms with Crippen LogP contribution in [-0.2, 0) is 11.3 Å². The highest BCUT2D eigenvalue weighted by Crippen LogP contribution is 2.20. The van der Waals surface area contributed by atoms with Gasteiger partial charge >= 0.3 is 0 Å². The molecule has 19 heavy (non-hydrogen) atoms. The summed E-state index contributed by atoms with van der Waals surface area (Å²) in [6, 6.07) is 7.07. The predicted molar refractivity (Wildman–Crippen MR) is 72.1 cm³/mol. The number of aromatic amines is 1. The highest BCUT2D eigenvalue weighted by atomic mass is 35.5. The fourth-order valence-electron chi connectivity index (χ4n) is 1.48. The summed E-state index contributed by atoms with van der Waals surface area (Å²) in [6.07, 6.45) is 1.63. The van der Waals surface area contributed by atoms with Crippen molar-refractivity contribution in [3.63, 3.8) is 0 Å². The minimum Gasteiger partial charge on any atom is -0.484 e. The summed E-state index contributed by atoms with van der Waals surface area (Å²) in [6.45, 7) is 2.25. The fraction of sp³-hybridized carbons (Fsp3) is 0.231. The number of carbonyl (C=O) groups excluding carboxylic acids is 1. The van der Waals surface area contributed by atoms with Crippen molar-refractivity contribution in [2.45, 2.75) is 13.5 Å². The summed E-state index contributed by atoms with van der Waals surface area (Å²) in [5.74, 6) is 0.431. The maximum absolute atomic E-state index is 11.6. The van der Waals surface area contributed by atoms with Crippen molar-refractivity contribution in [1.82, 2.24) is 15.5 Å². The molecule has 100 valence electrons. The third-order valence-electron chi connectivity index (χ3n) is 2.53. The van der Waals surface area contributed by atoms with Crippen molar-refractivity contribution in [1.29, 1.82) is 0 Å². The van der Waals surface area contributed by atoms with Crippen molar-refractivity contribution >= 4 is 17.5 Å². The summed E-state index contributed by atoms with van der Waals surface area (Å²) in [7, 11) is 0. The molecule has 1 heterocycles. The standard InChI is InChI=1S/C13H14ClN3O2/c1-9-6-11(2-3-12(9)14)19-8-13(18)15-7-10-4-5-16-17-10/h2-6H,7-8H2,1H3,(H,15,18)(H,16,17). The van der Waals surface area contributed by atoms with Gasteiger partial charge in [-0.1, -0.05) is 11.6 Å². The molecular formula is C13H14ClN3O2. The van der Waals surface area contributed by atoms with E-state index in [4.69, 9.17) is 16.3 Å². The lowest BCUT2D eigenvalue weighted by Gasteiger charge is -2.08. The zero-order valence-electron chi connectivity index (χ0n) is 10.4. The van der Waals surface area contributed by atoms with E-state index in [0.717, 1.165) is 11.3 Å². The number of halogens is 1. The van der Waals surface area contributed by atoms with E-state index in [9.17, 15) is 4.79 Å². The van der Waals surface area contributed by atoms with Crippen LogP contribution >= 0.6 is 11.6 Å². The van der Waals surface area contributed by atoms with Gasteiger partial charge in [-0.2, -0.15) is 5.10 Å². The van der Waals surface area contributed by atoms with E-state index >= 15 is 0 Å². The summed E-state index contributed by atoms with van der Waals surface area (Å²) in [4.78, 5) is 11.6. The van der Waals surface area contributed by atoms with Crippen molar-refractivity contribution in [2.24, 2.45) is 0 Å². The van der Waals surface area contributed by atoms with Gasteiger partial charge < -0.3 is 10.1 Å². The first kappa shape index (κ1) is 13.4. The lowest BCUT2D eigenvalue weighted by molar-refractivity contribution is -0.123. The number of rotatable bonds is 5. The highest BCUT2D eigenvalue weighted by Gasteiger charge is 2.04. The van der Waals surface area contributed by atoms with Crippen LogP contribution in [0.3, 0.4) is 0 Å². The number of benzene rings is 1. The molecular weight excluding hydrogens is 266 g/mol. The van der Waals surface area contributed by atoms with E-state index in [0.29, 0.717) is 17.3 Å². The largest absolute Gasteiger partial charge is 0.484 e. The van der Waals surface area contributed by atoms with Gasteiger partial charge in [0.25, 0.3) is 5.91 Å². The number of H-pyrrole nitrogens is 1. The summed E-state index contributed by atoms with van der Waals surface area (Å²) >= 11 is 5.91. The van der Waals surface area contributed by atoms with E-state index in [1.54, 1.807) is 30.5 Å². The normalized spacial score (nSPS) is 10.2. The second-order valence-corrected chi connectivity index (χ2v) is 4.47. The molecule has 2 N–H and O–H groups in total. The highest BCUT2D eigenvalue weighted by molar-refractivity contribution is 6.31. The molecule has 0 atom stereocenters.